The van der Waals surface area contributed by atoms with Gasteiger partial charge in [-0.15, -0.1) is 0 Å². The van der Waals surface area contributed by atoms with Gasteiger partial charge in [0.15, 0.2) is 11.7 Å². The normalized spacial score (nSPS) is 15.0. The van der Waals surface area contributed by atoms with Crippen molar-refractivity contribution in [1.82, 2.24) is 9.88 Å². The van der Waals surface area contributed by atoms with Crippen LogP contribution in [0.25, 0.3) is 22.6 Å². The molecule has 2 aromatic carbocycles. The van der Waals surface area contributed by atoms with Crippen LogP contribution in [0.3, 0.4) is 0 Å². The minimum atomic E-state index is 0.132. The first-order valence-corrected chi connectivity index (χ1v) is 9.98. The average Bonchev–Trinajstić information content (AvgIpc) is 3.14. The highest BCUT2D eigenvalue weighted by Crippen LogP contribution is 2.37. The van der Waals surface area contributed by atoms with Crippen molar-refractivity contribution in [2.75, 3.05) is 13.1 Å². The Labute approximate surface area is 170 Å². The Bertz CT molecular complexity index is 906. The summed E-state index contributed by atoms with van der Waals surface area (Å²) in [5, 5.41) is 0.695. The number of benzene rings is 2. The van der Waals surface area contributed by atoms with E-state index in [-0.39, 0.29) is 11.8 Å². The minimum Gasteiger partial charge on any atom is -0.440 e. The minimum absolute atomic E-state index is 0.132. The lowest BCUT2D eigenvalue weighted by Crippen LogP contribution is -2.36. The van der Waals surface area contributed by atoms with Crippen LogP contribution in [0, 0.1) is 6.92 Å². The van der Waals surface area contributed by atoms with E-state index in [4.69, 9.17) is 21.0 Å². The molecule has 4 rings (SSSR count). The quantitative estimate of drug-likeness (QED) is 0.572. The number of oxazole rings is 1. The SMILES string of the molecule is CC(=O)N1CCC(c2nc(-c3ccc(Cl)cc3)c(-c3ccc(C)cc3)o2)CC1. The molecule has 1 aliphatic heterocycles. The second-order valence-electron chi connectivity index (χ2n) is 7.38. The van der Waals surface area contributed by atoms with Crippen LogP contribution in [0.1, 0.15) is 37.1 Å². The van der Waals surface area contributed by atoms with Crippen LogP contribution in [0.5, 0.6) is 0 Å². The molecule has 3 aromatic rings. The first-order chi connectivity index (χ1) is 13.5. The number of amides is 1. The molecule has 0 radical (unpaired) electrons. The molecular weight excluding hydrogens is 372 g/mol. The van der Waals surface area contributed by atoms with Crippen LogP contribution in [0.2, 0.25) is 5.02 Å². The topological polar surface area (TPSA) is 46.3 Å². The van der Waals surface area contributed by atoms with Crippen LogP contribution in [-0.4, -0.2) is 28.9 Å². The lowest BCUT2D eigenvalue weighted by Gasteiger charge is -2.29. The molecule has 144 valence electrons. The van der Waals surface area contributed by atoms with Gasteiger partial charge in [0.2, 0.25) is 5.91 Å². The van der Waals surface area contributed by atoms with E-state index in [0.29, 0.717) is 5.02 Å². The fourth-order valence-corrected chi connectivity index (χ4v) is 3.78. The number of rotatable bonds is 3. The predicted octanol–water partition coefficient (Wildman–Crippen LogP) is 5.70. The van der Waals surface area contributed by atoms with E-state index in [0.717, 1.165) is 54.4 Å². The summed E-state index contributed by atoms with van der Waals surface area (Å²) in [4.78, 5) is 18.4. The van der Waals surface area contributed by atoms with Crippen molar-refractivity contribution in [3.63, 3.8) is 0 Å². The third-order valence-corrected chi connectivity index (χ3v) is 5.62. The molecule has 0 spiro atoms. The largest absolute Gasteiger partial charge is 0.440 e. The maximum absolute atomic E-state index is 11.6. The van der Waals surface area contributed by atoms with Gasteiger partial charge in [-0.3, -0.25) is 4.79 Å². The molecule has 2 heterocycles. The third kappa shape index (κ3) is 3.83. The predicted molar refractivity (Wildman–Crippen MR) is 111 cm³/mol. The number of halogens is 1. The Morgan fingerprint density at radius 3 is 2.25 bits per heavy atom. The lowest BCUT2D eigenvalue weighted by molar-refractivity contribution is -0.129. The third-order valence-electron chi connectivity index (χ3n) is 5.36. The molecule has 0 unspecified atom stereocenters. The summed E-state index contributed by atoms with van der Waals surface area (Å²) >= 11 is 6.06. The molecule has 28 heavy (non-hydrogen) atoms. The fourth-order valence-electron chi connectivity index (χ4n) is 3.66. The smallest absolute Gasteiger partial charge is 0.219 e. The van der Waals surface area contributed by atoms with E-state index in [1.54, 1.807) is 6.92 Å². The number of hydrogen-bond donors (Lipinski definition) is 0. The lowest BCUT2D eigenvalue weighted by atomic mass is 9.97. The van der Waals surface area contributed by atoms with E-state index in [9.17, 15) is 4.79 Å². The number of carbonyl (C=O) groups excluding carboxylic acids is 1. The van der Waals surface area contributed by atoms with Gasteiger partial charge >= 0.3 is 0 Å². The van der Waals surface area contributed by atoms with Crippen LogP contribution in [-0.2, 0) is 4.79 Å². The van der Waals surface area contributed by atoms with E-state index in [1.807, 2.05) is 29.2 Å². The Balaban J connectivity index is 1.71. The molecule has 1 fully saturated rings. The highest BCUT2D eigenvalue weighted by atomic mass is 35.5. The monoisotopic (exact) mass is 394 g/mol. The molecule has 0 saturated carbocycles. The van der Waals surface area contributed by atoms with E-state index >= 15 is 0 Å². The summed E-state index contributed by atoms with van der Waals surface area (Å²) in [6.45, 7) is 5.19. The summed E-state index contributed by atoms with van der Waals surface area (Å²) in [6.07, 6.45) is 1.74. The van der Waals surface area contributed by atoms with Crippen LogP contribution in [0.15, 0.2) is 52.9 Å². The van der Waals surface area contributed by atoms with Crippen molar-refractivity contribution >= 4 is 17.5 Å². The van der Waals surface area contributed by atoms with Gasteiger partial charge in [0.05, 0.1) is 0 Å². The molecular formula is C23H23ClN2O2. The summed E-state index contributed by atoms with van der Waals surface area (Å²) in [5.74, 6) is 1.89. The average molecular weight is 395 g/mol. The van der Waals surface area contributed by atoms with E-state index < -0.39 is 0 Å². The molecule has 1 aliphatic rings. The van der Waals surface area contributed by atoms with Crippen molar-refractivity contribution in [2.24, 2.45) is 0 Å². The number of likely N-dealkylation sites (tertiary alicyclic amines) is 1. The number of carbonyl (C=O) groups is 1. The Kier molecular flexibility index (Phi) is 5.23. The second kappa shape index (κ2) is 7.80. The van der Waals surface area contributed by atoms with E-state index in [1.165, 1.54) is 5.56 Å². The number of aryl methyl sites for hydroxylation is 1. The van der Waals surface area contributed by atoms with Gasteiger partial charge < -0.3 is 9.32 Å². The van der Waals surface area contributed by atoms with Crippen molar-refractivity contribution in [1.29, 1.82) is 0 Å². The maximum Gasteiger partial charge on any atom is 0.219 e. The van der Waals surface area contributed by atoms with Crippen LogP contribution in [0.4, 0.5) is 0 Å². The molecule has 0 atom stereocenters. The molecule has 1 saturated heterocycles. The number of hydrogen-bond acceptors (Lipinski definition) is 3. The van der Waals surface area contributed by atoms with Gasteiger partial charge in [0.1, 0.15) is 5.69 Å². The maximum atomic E-state index is 11.6. The summed E-state index contributed by atoms with van der Waals surface area (Å²) in [7, 11) is 0. The van der Waals surface area contributed by atoms with Gasteiger partial charge in [-0.25, -0.2) is 4.98 Å². The zero-order valence-corrected chi connectivity index (χ0v) is 16.9. The number of nitrogens with zero attached hydrogens (tertiary/aromatic N) is 2. The summed E-state index contributed by atoms with van der Waals surface area (Å²) < 4.78 is 6.31. The van der Waals surface area contributed by atoms with Crippen molar-refractivity contribution in [3.05, 3.63) is 65.0 Å². The van der Waals surface area contributed by atoms with Gasteiger partial charge in [0.25, 0.3) is 0 Å². The summed E-state index contributed by atoms with van der Waals surface area (Å²) in [5.41, 5.74) is 4.03. The molecule has 0 N–H and O–H groups in total. The first kappa shape index (κ1) is 18.8. The fraction of sp³-hybridized carbons (Fsp3) is 0.304. The number of piperidine rings is 1. The molecule has 4 nitrogen and oxygen atoms in total. The second-order valence-corrected chi connectivity index (χ2v) is 7.82. The van der Waals surface area contributed by atoms with Crippen molar-refractivity contribution in [2.45, 2.75) is 32.6 Å². The van der Waals surface area contributed by atoms with Crippen molar-refractivity contribution in [3.8, 4) is 22.6 Å². The molecule has 1 amide bonds. The van der Waals surface area contributed by atoms with E-state index in [2.05, 4.69) is 31.2 Å². The highest BCUT2D eigenvalue weighted by molar-refractivity contribution is 6.30. The standard InChI is InChI=1S/C23H23ClN2O2/c1-15-3-5-18(6-4-15)22-21(17-7-9-20(24)10-8-17)25-23(28-22)19-11-13-26(14-12-19)16(2)27/h3-10,19H,11-14H2,1-2H3. The molecule has 5 heteroatoms. The molecule has 1 aromatic heterocycles. The van der Waals surface area contributed by atoms with Crippen molar-refractivity contribution < 1.29 is 9.21 Å². The Morgan fingerprint density at radius 1 is 1.04 bits per heavy atom. The summed E-state index contributed by atoms with van der Waals surface area (Å²) in [6, 6.07) is 16.0. The first-order valence-electron chi connectivity index (χ1n) is 9.60. The van der Waals surface area contributed by atoms with Crippen LogP contribution >= 0.6 is 11.6 Å². The Morgan fingerprint density at radius 2 is 1.64 bits per heavy atom. The van der Waals surface area contributed by atoms with Gasteiger partial charge in [-0.1, -0.05) is 53.6 Å². The van der Waals surface area contributed by atoms with Crippen LogP contribution < -0.4 is 0 Å². The zero-order valence-electron chi connectivity index (χ0n) is 16.1. The number of aromatic nitrogens is 1. The van der Waals surface area contributed by atoms with Gasteiger partial charge in [0, 0.05) is 42.1 Å². The Hall–Kier alpha value is -2.59. The van der Waals surface area contributed by atoms with Gasteiger partial charge in [-0.05, 0) is 31.9 Å². The molecule has 0 bridgehead atoms. The zero-order chi connectivity index (χ0) is 19.7. The highest BCUT2D eigenvalue weighted by Gasteiger charge is 2.27. The molecule has 0 aliphatic carbocycles. The van der Waals surface area contributed by atoms with Gasteiger partial charge in [-0.2, -0.15) is 0 Å².